The van der Waals surface area contributed by atoms with Crippen LogP contribution in [0.2, 0.25) is 0 Å². The summed E-state index contributed by atoms with van der Waals surface area (Å²) in [6.07, 6.45) is -0.477. The van der Waals surface area contributed by atoms with Gasteiger partial charge in [-0.25, -0.2) is 0 Å². The molecule has 1 aromatic carbocycles. The fourth-order valence-electron chi connectivity index (χ4n) is 1.66. The summed E-state index contributed by atoms with van der Waals surface area (Å²) in [6.45, 7) is 1.76. The summed E-state index contributed by atoms with van der Waals surface area (Å²) in [5.74, 6) is 0.860. The number of nitrogens with zero attached hydrogens (tertiary/aromatic N) is 1. The van der Waals surface area contributed by atoms with Gasteiger partial charge in [-0.05, 0) is 13.0 Å². The third-order valence-corrected chi connectivity index (χ3v) is 2.50. The minimum Gasteiger partial charge on any atom is -0.454 e. The largest absolute Gasteiger partial charge is 0.454 e. The van der Waals surface area contributed by atoms with Crippen molar-refractivity contribution in [3.8, 4) is 11.5 Å². The van der Waals surface area contributed by atoms with Crippen LogP contribution in [-0.2, 0) is 4.74 Å². The van der Waals surface area contributed by atoms with Crippen LogP contribution < -0.4 is 15.2 Å². The van der Waals surface area contributed by atoms with Crippen LogP contribution in [0.25, 0.3) is 0 Å². The Morgan fingerprint density at radius 1 is 1.53 bits per heavy atom. The van der Waals surface area contributed by atoms with Crippen molar-refractivity contribution in [3.05, 3.63) is 27.8 Å². The molecule has 0 amide bonds. The van der Waals surface area contributed by atoms with E-state index in [9.17, 15) is 10.1 Å². The van der Waals surface area contributed by atoms with Gasteiger partial charge in [-0.2, -0.15) is 0 Å². The second-order valence-corrected chi connectivity index (χ2v) is 3.50. The van der Waals surface area contributed by atoms with Gasteiger partial charge in [-0.3, -0.25) is 10.1 Å². The number of rotatable bonds is 4. The molecule has 17 heavy (non-hydrogen) atoms. The van der Waals surface area contributed by atoms with Crippen LogP contribution in [0.15, 0.2) is 12.1 Å². The number of hydrogen-bond acceptors (Lipinski definition) is 6. The third kappa shape index (κ3) is 2.15. The highest BCUT2D eigenvalue weighted by Gasteiger charge is 2.26. The zero-order valence-corrected chi connectivity index (χ0v) is 9.21. The molecule has 0 radical (unpaired) electrons. The highest BCUT2D eigenvalue weighted by atomic mass is 16.7. The fourth-order valence-corrected chi connectivity index (χ4v) is 1.66. The molecule has 92 valence electrons. The molecule has 0 aromatic heterocycles. The smallest absolute Gasteiger partial charge is 0.279 e. The number of ether oxygens (including phenoxy) is 3. The van der Waals surface area contributed by atoms with Crippen LogP contribution in [0.3, 0.4) is 0 Å². The minimum atomic E-state index is -0.479. The summed E-state index contributed by atoms with van der Waals surface area (Å²) in [4.78, 5) is 10.5. The normalized spacial score (nSPS) is 14.7. The fraction of sp³-hybridized carbons (Fsp3) is 0.400. The first-order chi connectivity index (χ1) is 8.13. The number of nitro benzene ring substituents is 1. The second-order valence-electron chi connectivity index (χ2n) is 3.50. The lowest BCUT2D eigenvalue weighted by molar-refractivity contribution is -0.386. The van der Waals surface area contributed by atoms with Crippen molar-refractivity contribution < 1.29 is 19.1 Å². The van der Waals surface area contributed by atoms with E-state index < -0.39 is 11.0 Å². The van der Waals surface area contributed by atoms with E-state index in [1.807, 2.05) is 0 Å². The molecule has 7 nitrogen and oxygen atoms in total. The Balaban J connectivity index is 2.45. The maximum atomic E-state index is 11.0. The summed E-state index contributed by atoms with van der Waals surface area (Å²) < 4.78 is 15.4. The molecule has 2 N–H and O–H groups in total. The van der Waals surface area contributed by atoms with Gasteiger partial charge in [0, 0.05) is 0 Å². The molecule has 1 heterocycles. The number of hydrogen-bond donors (Lipinski definition) is 1. The van der Waals surface area contributed by atoms with Gasteiger partial charge in [0.25, 0.3) is 5.69 Å². The summed E-state index contributed by atoms with van der Waals surface area (Å²) >= 11 is 0. The SMILES string of the molecule is CC(OCN)c1cc2c(cc1[N+](=O)[O-])OCO2. The van der Waals surface area contributed by atoms with Gasteiger partial charge in [-0.1, -0.05) is 0 Å². The van der Waals surface area contributed by atoms with Gasteiger partial charge in [0.15, 0.2) is 11.5 Å². The van der Waals surface area contributed by atoms with E-state index in [-0.39, 0.29) is 19.2 Å². The number of benzene rings is 1. The number of nitrogens with two attached hydrogens (primary N) is 1. The molecule has 1 aromatic rings. The van der Waals surface area contributed by atoms with Crippen LogP contribution in [0.4, 0.5) is 5.69 Å². The van der Waals surface area contributed by atoms with Crippen molar-refractivity contribution in [3.63, 3.8) is 0 Å². The quantitative estimate of drug-likeness (QED) is 0.484. The van der Waals surface area contributed by atoms with Crippen LogP contribution in [-0.4, -0.2) is 18.4 Å². The van der Waals surface area contributed by atoms with Crippen molar-refractivity contribution in [1.82, 2.24) is 0 Å². The summed E-state index contributed by atoms with van der Waals surface area (Å²) in [5.41, 5.74) is 5.62. The molecule has 0 saturated heterocycles. The topological polar surface area (TPSA) is 96.9 Å². The first-order valence-corrected chi connectivity index (χ1v) is 5.03. The Morgan fingerprint density at radius 2 is 2.18 bits per heavy atom. The van der Waals surface area contributed by atoms with Crippen molar-refractivity contribution in [2.75, 3.05) is 13.5 Å². The van der Waals surface area contributed by atoms with Crippen molar-refractivity contribution in [1.29, 1.82) is 0 Å². The number of fused-ring (bicyclic) bond motifs is 1. The highest BCUT2D eigenvalue weighted by molar-refractivity contribution is 5.55. The average molecular weight is 240 g/mol. The zero-order chi connectivity index (χ0) is 12.4. The summed E-state index contributed by atoms with van der Waals surface area (Å²) in [7, 11) is 0. The van der Waals surface area contributed by atoms with Crippen molar-refractivity contribution >= 4 is 5.69 Å². The Kier molecular flexibility index (Phi) is 3.12. The molecule has 1 unspecified atom stereocenters. The van der Waals surface area contributed by atoms with Crippen LogP contribution in [0, 0.1) is 10.1 Å². The molecule has 1 atom stereocenters. The third-order valence-electron chi connectivity index (χ3n) is 2.50. The Morgan fingerprint density at radius 3 is 2.76 bits per heavy atom. The van der Waals surface area contributed by atoms with Crippen molar-refractivity contribution in [2.45, 2.75) is 13.0 Å². The minimum absolute atomic E-state index is 0.00718. The van der Waals surface area contributed by atoms with Gasteiger partial charge in [0.05, 0.1) is 29.4 Å². The summed E-state index contributed by atoms with van der Waals surface area (Å²) in [6, 6.07) is 2.90. The van der Waals surface area contributed by atoms with Gasteiger partial charge >= 0.3 is 0 Å². The maximum Gasteiger partial charge on any atom is 0.279 e. The van der Waals surface area contributed by atoms with E-state index >= 15 is 0 Å². The lowest BCUT2D eigenvalue weighted by Gasteiger charge is -2.12. The second kappa shape index (κ2) is 4.56. The lowest BCUT2D eigenvalue weighted by Crippen LogP contribution is -2.10. The highest BCUT2D eigenvalue weighted by Crippen LogP contribution is 2.40. The van der Waals surface area contributed by atoms with E-state index in [2.05, 4.69) is 0 Å². The first-order valence-electron chi connectivity index (χ1n) is 5.03. The Hall–Kier alpha value is -1.86. The molecular weight excluding hydrogens is 228 g/mol. The van der Waals surface area contributed by atoms with Gasteiger partial charge in [0.1, 0.15) is 0 Å². The van der Waals surface area contributed by atoms with Gasteiger partial charge in [0.2, 0.25) is 6.79 Å². The molecule has 0 fully saturated rings. The van der Waals surface area contributed by atoms with Crippen LogP contribution >= 0.6 is 0 Å². The predicted octanol–water partition coefficient (Wildman–Crippen LogP) is 1.32. The molecular formula is C10H12N2O5. The van der Waals surface area contributed by atoms with E-state index in [4.69, 9.17) is 19.9 Å². The molecule has 0 saturated carbocycles. The molecule has 0 bridgehead atoms. The predicted molar refractivity (Wildman–Crippen MR) is 57.8 cm³/mol. The van der Waals surface area contributed by atoms with Gasteiger partial charge in [-0.15, -0.1) is 0 Å². The van der Waals surface area contributed by atoms with Crippen LogP contribution in [0.1, 0.15) is 18.6 Å². The van der Waals surface area contributed by atoms with E-state index in [0.29, 0.717) is 17.1 Å². The monoisotopic (exact) mass is 240 g/mol. The van der Waals surface area contributed by atoms with Crippen LogP contribution in [0.5, 0.6) is 11.5 Å². The maximum absolute atomic E-state index is 11.0. The zero-order valence-electron chi connectivity index (χ0n) is 9.21. The number of nitro groups is 1. The van der Waals surface area contributed by atoms with E-state index in [1.54, 1.807) is 13.0 Å². The van der Waals surface area contributed by atoms with Crippen molar-refractivity contribution in [2.24, 2.45) is 5.73 Å². The Labute approximate surface area is 97.2 Å². The summed E-state index contributed by atoms with van der Waals surface area (Å²) in [5, 5.41) is 11.0. The molecule has 2 rings (SSSR count). The molecule has 1 aliphatic rings. The first kappa shape index (κ1) is 11.6. The molecule has 7 heteroatoms. The lowest BCUT2D eigenvalue weighted by atomic mass is 10.1. The molecule has 1 aliphatic heterocycles. The molecule has 0 aliphatic carbocycles. The average Bonchev–Trinajstić information content (AvgIpc) is 2.74. The van der Waals surface area contributed by atoms with E-state index in [0.717, 1.165) is 0 Å². The standard InChI is InChI=1S/C10H12N2O5/c1-6(15-4-11)7-2-9-10(17-5-16-9)3-8(7)12(13)14/h2-3,6H,4-5,11H2,1H3. The Bertz CT molecular complexity index is 449. The van der Waals surface area contributed by atoms with Gasteiger partial charge < -0.3 is 19.9 Å². The van der Waals surface area contributed by atoms with E-state index in [1.165, 1.54) is 6.07 Å². The molecule has 0 spiro atoms.